The molecule has 0 radical (unpaired) electrons. The standard InChI is InChI=1S/C11H14BrN3O/c12-9-7-14-4-2-10(9)15-11(16)5-8-1-3-13-6-8/h2,4,7-8,13H,1,3,5-6H2,(H,14,15,16). The van der Waals surface area contributed by atoms with Crippen molar-refractivity contribution in [1.29, 1.82) is 0 Å². The van der Waals surface area contributed by atoms with Gasteiger partial charge in [0.25, 0.3) is 0 Å². The number of hydrogen-bond acceptors (Lipinski definition) is 3. The molecule has 1 aromatic rings. The van der Waals surface area contributed by atoms with Gasteiger partial charge in [-0.25, -0.2) is 0 Å². The normalized spacial score (nSPS) is 19.7. The van der Waals surface area contributed by atoms with Gasteiger partial charge in [-0.05, 0) is 47.4 Å². The molecule has 0 bridgehead atoms. The molecule has 1 aromatic heterocycles. The van der Waals surface area contributed by atoms with Gasteiger partial charge in [0.1, 0.15) is 0 Å². The minimum Gasteiger partial charge on any atom is -0.325 e. The maximum absolute atomic E-state index is 11.7. The molecule has 1 fully saturated rings. The van der Waals surface area contributed by atoms with Crippen molar-refractivity contribution in [2.75, 3.05) is 18.4 Å². The predicted molar refractivity (Wildman–Crippen MR) is 66.2 cm³/mol. The van der Waals surface area contributed by atoms with E-state index in [9.17, 15) is 4.79 Å². The van der Waals surface area contributed by atoms with Crippen LogP contribution in [0.2, 0.25) is 0 Å². The van der Waals surface area contributed by atoms with Crippen LogP contribution in [0.3, 0.4) is 0 Å². The van der Waals surface area contributed by atoms with Crippen molar-refractivity contribution in [3.63, 3.8) is 0 Å². The highest BCUT2D eigenvalue weighted by Gasteiger charge is 2.18. The molecule has 0 aliphatic carbocycles. The van der Waals surface area contributed by atoms with E-state index >= 15 is 0 Å². The summed E-state index contributed by atoms with van der Waals surface area (Å²) in [5.74, 6) is 0.543. The number of pyridine rings is 1. The third kappa shape index (κ3) is 3.02. The summed E-state index contributed by atoms with van der Waals surface area (Å²) in [5.41, 5.74) is 0.783. The number of halogens is 1. The summed E-state index contributed by atoms with van der Waals surface area (Å²) in [4.78, 5) is 15.7. The molecule has 2 heterocycles. The van der Waals surface area contributed by atoms with Crippen molar-refractivity contribution < 1.29 is 4.79 Å². The molecular formula is C11H14BrN3O. The predicted octanol–water partition coefficient (Wildman–Crippen LogP) is 1.78. The van der Waals surface area contributed by atoms with Crippen molar-refractivity contribution in [2.24, 2.45) is 5.92 Å². The van der Waals surface area contributed by atoms with Crippen LogP contribution in [0.4, 0.5) is 5.69 Å². The Kier molecular flexibility index (Phi) is 3.90. The zero-order valence-electron chi connectivity index (χ0n) is 8.87. The van der Waals surface area contributed by atoms with Crippen LogP contribution in [0, 0.1) is 5.92 Å². The summed E-state index contributed by atoms with van der Waals surface area (Å²) in [7, 11) is 0. The summed E-state index contributed by atoms with van der Waals surface area (Å²) >= 11 is 3.35. The number of carbonyl (C=O) groups is 1. The van der Waals surface area contributed by atoms with Gasteiger partial charge >= 0.3 is 0 Å². The van der Waals surface area contributed by atoms with E-state index in [0.29, 0.717) is 12.3 Å². The van der Waals surface area contributed by atoms with E-state index in [1.165, 1.54) is 0 Å². The Balaban J connectivity index is 1.89. The van der Waals surface area contributed by atoms with Crippen molar-refractivity contribution in [1.82, 2.24) is 10.3 Å². The minimum atomic E-state index is 0.0700. The van der Waals surface area contributed by atoms with Crippen LogP contribution in [0.25, 0.3) is 0 Å². The van der Waals surface area contributed by atoms with E-state index in [-0.39, 0.29) is 5.91 Å². The lowest BCUT2D eigenvalue weighted by molar-refractivity contribution is -0.116. The molecule has 2 rings (SSSR count). The SMILES string of the molecule is O=C(CC1CCNC1)Nc1ccncc1Br. The van der Waals surface area contributed by atoms with E-state index in [2.05, 4.69) is 31.5 Å². The maximum Gasteiger partial charge on any atom is 0.224 e. The van der Waals surface area contributed by atoms with Gasteiger partial charge in [0, 0.05) is 18.8 Å². The summed E-state index contributed by atoms with van der Waals surface area (Å²) in [6.45, 7) is 1.97. The molecule has 5 heteroatoms. The first-order chi connectivity index (χ1) is 7.75. The van der Waals surface area contributed by atoms with Crippen LogP contribution < -0.4 is 10.6 Å². The van der Waals surface area contributed by atoms with Gasteiger partial charge in [0.05, 0.1) is 10.2 Å². The lowest BCUT2D eigenvalue weighted by Gasteiger charge is -2.09. The summed E-state index contributed by atoms with van der Waals surface area (Å²) in [6.07, 6.45) is 5.01. The monoisotopic (exact) mass is 283 g/mol. The smallest absolute Gasteiger partial charge is 0.224 e. The minimum absolute atomic E-state index is 0.0700. The number of aromatic nitrogens is 1. The van der Waals surface area contributed by atoms with Gasteiger partial charge in [-0.15, -0.1) is 0 Å². The van der Waals surface area contributed by atoms with Gasteiger partial charge in [-0.2, -0.15) is 0 Å². The van der Waals surface area contributed by atoms with Crippen LogP contribution in [-0.4, -0.2) is 24.0 Å². The van der Waals surface area contributed by atoms with Crippen molar-refractivity contribution >= 4 is 27.5 Å². The topological polar surface area (TPSA) is 54.0 Å². The third-order valence-corrected chi connectivity index (χ3v) is 3.31. The van der Waals surface area contributed by atoms with E-state index in [1.54, 1.807) is 18.5 Å². The number of rotatable bonds is 3. The van der Waals surface area contributed by atoms with Gasteiger partial charge in [-0.3, -0.25) is 9.78 Å². The number of amides is 1. The van der Waals surface area contributed by atoms with Crippen molar-refractivity contribution in [3.8, 4) is 0 Å². The summed E-state index contributed by atoms with van der Waals surface area (Å²) in [5, 5.41) is 6.14. The Bertz CT molecular complexity index is 377. The highest BCUT2D eigenvalue weighted by Crippen LogP contribution is 2.21. The summed E-state index contributed by atoms with van der Waals surface area (Å²) < 4.78 is 0.813. The number of hydrogen-bond donors (Lipinski definition) is 2. The van der Waals surface area contributed by atoms with Gasteiger partial charge < -0.3 is 10.6 Å². The molecule has 1 aliphatic heterocycles. The molecule has 2 N–H and O–H groups in total. The van der Waals surface area contributed by atoms with E-state index in [0.717, 1.165) is 29.7 Å². The second-order valence-corrected chi connectivity index (χ2v) is 4.82. The van der Waals surface area contributed by atoms with Crippen molar-refractivity contribution in [3.05, 3.63) is 22.9 Å². The number of carbonyl (C=O) groups excluding carboxylic acids is 1. The van der Waals surface area contributed by atoms with Crippen LogP contribution in [-0.2, 0) is 4.79 Å². The second kappa shape index (κ2) is 5.41. The number of anilines is 1. The fraction of sp³-hybridized carbons (Fsp3) is 0.455. The van der Waals surface area contributed by atoms with Crippen molar-refractivity contribution in [2.45, 2.75) is 12.8 Å². The van der Waals surface area contributed by atoms with E-state index < -0.39 is 0 Å². The lowest BCUT2D eigenvalue weighted by atomic mass is 10.0. The Morgan fingerprint density at radius 1 is 1.69 bits per heavy atom. The first kappa shape index (κ1) is 11.5. The molecule has 1 amide bonds. The average molecular weight is 284 g/mol. The van der Waals surface area contributed by atoms with E-state index in [4.69, 9.17) is 0 Å². The second-order valence-electron chi connectivity index (χ2n) is 3.97. The van der Waals surface area contributed by atoms with Crippen LogP contribution in [0.5, 0.6) is 0 Å². The quantitative estimate of drug-likeness (QED) is 0.889. The zero-order chi connectivity index (χ0) is 11.4. The highest BCUT2D eigenvalue weighted by molar-refractivity contribution is 9.10. The largest absolute Gasteiger partial charge is 0.325 e. The first-order valence-corrected chi connectivity index (χ1v) is 6.15. The fourth-order valence-corrected chi connectivity index (χ4v) is 2.18. The molecule has 1 saturated heterocycles. The molecule has 0 aromatic carbocycles. The molecule has 1 unspecified atom stereocenters. The molecule has 0 spiro atoms. The van der Waals surface area contributed by atoms with Gasteiger partial charge in [0.2, 0.25) is 5.91 Å². The molecule has 1 atom stereocenters. The first-order valence-electron chi connectivity index (χ1n) is 5.36. The number of nitrogens with zero attached hydrogens (tertiary/aromatic N) is 1. The fourth-order valence-electron chi connectivity index (χ4n) is 1.83. The molecule has 4 nitrogen and oxygen atoms in total. The maximum atomic E-state index is 11.7. The lowest BCUT2D eigenvalue weighted by Crippen LogP contribution is -2.18. The van der Waals surface area contributed by atoms with Gasteiger partial charge in [0.15, 0.2) is 0 Å². The van der Waals surface area contributed by atoms with Crippen LogP contribution >= 0.6 is 15.9 Å². The molecule has 16 heavy (non-hydrogen) atoms. The number of nitrogens with one attached hydrogen (secondary N) is 2. The average Bonchev–Trinajstić information content (AvgIpc) is 2.74. The third-order valence-electron chi connectivity index (χ3n) is 2.68. The van der Waals surface area contributed by atoms with E-state index in [1.807, 2.05) is 0 Å². The molecular weight excluding hydrogens is 270 g/mol. The Morgan fingerprint density at radius 3 is 3.25 bits per heavy atom. The Hall–Kier alpha value is -0.940. The molecule has 86 valence electrons. The van der Waals surface area contributed by atoms with Crippen LogP contribution in [0.15, 0.2) is 22.9 Å². The van der Waals surface area contributed by atoms with Crippen LogP contribution in [0.1, 0.15) is 12.8 Å². The van der Waals surface area contributed by atoms with Gasteiger partial charge in [-0.1, -0.05) is 0 Å². The Labute approximate surface area is 103 Å². The zero-order valence-corrected chi connectivity index (χ0v) is 10.5. The molecule has 0 saturated carbocycles. The Morgan fingerprint density at radius 2 is 2.56 bits per heavy atom. The molecule has 1 aliphatic rings. The summed E-state index contributed by atoms with van der Waals surface area (Å²) in [6, 6.07) is 1.79. The highest BCUT2D eigenvalue weighted by atomic mass is 79.9.